The van der Waals surface area contributed by atoms with Gasteiger partial charge in [0.05, 0.1) is 0 Å². The SMILES string of the molecule is Cc1cc(Br)cc(C)c1NC(=O)NCc1ccccc1. The molecule has 0 aromatic heterocycles. The first-order valence-corrected chi connectivity index (χ1v) is 7.21. The Hall–Kier alpha value is -1.81. The maximum absolute atomic E-state index is 11.9. The minimum Gasteiger partial charge on any atom is -0.334 e. The molecule has 0 saturated carbocycles. The summed E-state index contributed by atoms with van der Waals surface area (Å²) in [5.74, 6) is 0. The summed E-state index contributed by atoms with van der Waals surface area (Å²) in [5.41, 5.74) is 4.00. The van der Waals surface area contributed by atoms with E-state index in [1.54, 1.807) is 0 Å². The molecule has 104 valence electrons. The van der Waals surface area contributed by atoms with Gasteiger partial charge in [0.2, 0.25) is 0 Å². The van der Waals surface area contributed by atoms with Gasteiger partial charge < -0.3 is 10.6 Å². The van der Waals surface area contributed by atoms with Gasteiger partial charge in [-0.1, -0.05) is 46.3 Å². The molecule has 2 rings (SSSR count). The number of benzene rings is 2. The Balaban J connectivity index is 1.98. The molecule has 3 nitrogen and oxygen atoms in total. The van der Waals surface area contributed by atoms with E-state index in [1.165, 1.54) is 0 Å². The van der Waals surface area contributed by atoms with Crippen molar-refractivity contribution in [2.75, 3.05) is 5.32 Å². The summed E-state index contributed by atoms with van der Waals surface area (Å²) >= 11 is 3.45. The highest BCUT2D eigenvalue weighted by Crippen LogP contribution is 2.24. The number of aryl methyl sites for hydroxylation is 2. The van der Waals surface area contributed by atoms with Crippen LogP contribution in [0.5, 0.6) is 0 Å². The third kappa shape index (κ3) is 3.84. The number of carbonyl (C=O) groups excluding carboxylic acids is 1. The van der Waals surface area contributed by atoms with E-state index in [9.17, 15) is 4.79 Å². The number of carbonyl (C=O) groups is 1. The standard InChI is InChI=1S/C16H17BrN2O/c1-11-8-14(17)9-12(2)15(11)19-16(20)18-10-13-6-4-3-5-7-13/h3-9H,10H2,1-2H3,(H2,18,19,20). The van der Waals surface area contributed by atoms with Crippen LogP contribution in [0.25, 0.3) is 0 Å². The molecule has 2 aromatic carbocycles. The first-order chi connectivity index (χ1) is 9.56. The van der Waals surface area contributed by atoms with E-state index < -0.39 is 0 Å². The second-order valence-corrected chi connectivity index (χ2v) is 5.62. The molecular formula is C16H17BrN2O. The van der Waals surface area contributed by atoms with E-state index in [2.05, 4.69) is 26.6 Å². The van der Waals surface area contributed by atoms with Crippen molar-refractivity contribution in [3.8, 4) is 0 Å². The number of hydrogen-bond acceptors (Lipinski definition) is 1. The van der Waals surface area contributed by atoms with Crippen molar-refractivity contribution in [3.63, 3.8) is 0 Å². The van der Waals surface area contributed by atoms with Gasteiger partial charge in [0.1, 0.15) is 0 Å². The fraction of sp³-hybridized carbons (Fsp3) is 0.188. The van der Waals surface area contributed by atoms with Crippen molar-refractivity contribution in [3.05, 3.63) is 63.6 Å². The Bertz CT molecular complexity index is 588. The summed E-state index contributed by atoms with van der Waals surface area (Å²) in [6.07, 6.45) is 0. The van der Waals surface area contributed by atoms with E-state index in [1.807, 2.05) is 56.3 Å². The topological polar surface area (TPSA) is 41.1 Å². The number of nitrogens with one attached hydrogen (secondary N) is 2. The van der Waals surface area contributed by atoms with Crippen LogP contribution in [0.3, 0.4) is 0 Å². The largest absolute Gasteiger partial charge is 0.334 e. The van der Waals surface area contributed by atoms with Gasteiger partial charge in [0.25, 0.3) is 0 Å². The molecule has 20 heavy (non-hydrogen) atoms. The van der Waals surface area contributed by atoms with Crippen LogP contribution in [0.2, 0.25) is 0 Å². The van der Waals surface area contributed by atoms with Crippen LogP contribution in [0.4, 0.5) is 10.5 Å². The number of urea groups is 1. The highest BCUT2D eigenvalue weighted by Gasteiger charge is 2.08. The van der Waals surface area contributed by atoms with E-state index >= 15 is 0 Å². The van der Waals surface area contributed by atoms with Gasteiger partial charge in [-0.3, -0.25) is 0 Å². The minimum absolute atomic E-state index is 0.192. The zero-order valence-electron chi connectivity index (χ0n) is 11.5. The molecule has 0 unspecified atom stereocenters. The minimum atomic E-state index is -0.192. The molecule has 0 saturated heterocycles. The second-order valence-electron chi connectivity index (χ2n) is 4.71. The van der Waals surface area contributed by atoms with Crippen molar-refractivity contribution in [1.82, 2.24) is 5.32 Å². The molecule has 0 heterocycles. The van der Waals surface area contributed by atoms with Crippen LogP contribution in [-0.2, 0) is 6.54 Å². The number of amides is 2. The lowest BCUT2D eigenvalue weighted by Crippen LogP contribution is -2.28. The average molecular weight is 333 g/mol. The quantitative estimate of drug-likeness (QED) is 0.859. The van der Waals surface area contributed by atoms with Crippen molar-refractivity contribution in [2.24, 2.45) is 0 Å². The van der Waals surface area contributed by atoms with Crippen molar-refractivity contribution in [2.45, 2.75) is 20.4 Å². The van der Waals surface area contributed by atoms with Crippen molar-refractivity contribution in [1.29, 1.82) is 0 Å². The Kier molecular flexibility index (Phi) is 4.79. The van der Waals surface area contributed by atoms with Gasteiger partial charge in [-0.15, -0.1) is 0 Å². The van der Waals surface area contributed by atoms with Gasteiger partial charge in [-0.2, -0.15) is 0 Å². The summed E-state index contributed by atoms with van der Waals surface area (Å²) in [5, 5.41) is 5.76. The van der Waals surface area contributed by atoms with E-state index in [-0.39, 0.29) is 6.03 Å². The van der Waals surface area contributed by atoms with Crippen LogP contribution in [0.1, 0.15) is 16.7 Å². The summed E-state index contributed by atoms with van der Waals surface area (Å²) in [6.45, 7) is 4.47. The van der Waals surface area contributed by atoms with Gasteiger partial charge in [-0.05, 0) is 42.7 Å². The van der Waals surface area contributed by atoms with Gasteiger partial charge >= 0.3 is 6.03 Å². The Morgan fingerprint density at radius 1 is 1.10 bits per heavy atom. The predicted octanol–water partition coefficient (Wildman–Crippen LogP) is 4.39. The molecule has 2 N–H and O–H groups in total. The van der Waals surface area contributed by atoms with E-state index in [0.717, 1.165) is 26.9 Å². The lowest BCUT2D eigenvalue weighted by Gasteiger charge is -2.13. The normalized spacial score (nSPS) is 10.2. The average Bonchev–Trinajstić information content (AvgIpc) is 2.42. The maximum Gasteiger partial charge on any atom is 0.319 e. The van der Waals surface area contributed by atoms with Gasteiger partial charge in [-0.25, -0.2) is 4.79 Å². The lowest BCUT2D eigenvalue weighted by molar-refractivity contribution is 0.251. The predicted molar refractivity (Wildman–Crippen MR) is 85.9 cm³/mol. The highest BCUT2D eigenvalue weighted by atomic mass is 79.9. The lowest BCUT2D eigenvalue weighted by atomic mass is 10.1. The first kappa shape index (κ1) is 14.6. The number of rotatable bonds is 3. The smallest absolute Gasteiger partial charge is 0.319 e. The summed E-state index contributed by atoms with van der Waals surface area (Å²) in [7, 11) is 0. The van der Waals surface area contributed by atoms with E-state index in [4.69, 9.17) is 0 Å². The van der Waals surface area contributed by atoms with Crippen molar-refractivity contribution >= 4 is 27.6 Å². The molecule has 0 bridgehead atoms. The molecule has 0 aliphatic rings. The number of hydrogen-bond donors (Lipinski definition) is 2. The molecule has 4 heteroatoms. The molecule has 0 aliphatic carbocycles. The third-order valence-corrected chi connectivity index (χ3v) is 3.49. The maximum atomic E-state index is 11.9. The van der Waals surface area contributed by atoms with Crippen LogP contribution in [-0.4, -0.2) is 6.03 Å². The zero-order chi connectivity index (χ0) is 14.5. The fourth-order valence-electron chi connectivity index (χ4n) is 2.04. The molecule has 0 aliphatic heterocycles. The Labute approximate surface area is 127 Å². The monoisotopic (exact) mass is 332 g/mol. The molecule has 0 atom stereocenters. The highest BCUT2D eigenvalue weighted by molar-refractivity contribution is 9.10. The summed E-state index contributed by atoms with van der Waals surface area (Å²) in [6, 6.07) is 13.6. The Morgan fingerprint density at radius 2 is 1.70 bits per heavy atom. The van der Waals surface area contributed by atoms with Crippen LogP contribution >= 0.6 is 15.9 Å². The zero-order valence-corrected chi connectivity index (χ0v) is 13.1. The summed E-state index contributed by atoms with van der Waals surface area (Å²) < 4.78 is 1.02. The molecule has 0 radical (unpaired) electrons. The van der Waals surface area contributed by atoms with Gasteiger partial charge in [0.15, 0.2) is 0 Å². The second kappa shape index (κ2) is 6.57. The summed E-state index contributed by atoms with van der Waals surface area (Å²) in [4.78, 5) is 11.9. The molecule has 0 spiro atoms. The van der Waals surface area contributed by atoms with Crippen LogP contribution in [0, 0.1) is 13.8 Å². The molecule has 0 fully saturated rings. The van der Waals surface area contributed by atoms with E-state index in [0.29, 0.717) is 6.54 Å². The number of anilines is 1. The fourth-order valence-corrected chi connectivity index (χ4v) is 2.73. The number of halogens is 1. The molecular weight excluding hydrogens is 316 g/mol. The van der Waals surface area contributed by atoms with Crippen LogP contribution in [0.15, 0.2) is 46.9 Å². The molecule has 2 amide bonds. The third-order valence-electron chi connectivity index (χ3n) is 3.03. The Morgan fingerprint density at radius 3 is 2.30 bits per heavy atom. The molecule has 2 aromatic rings. The first-order valence-electron chi connectivity index (χ1n) is 6.42. The van der Waals surface area contributed by atoms with Crippen molar-refractivity contribution < 1.29 is 4.79 Å². The van der Waals surface area contributed by atoms with Crippen LogP contribution < -0.4 is 10.6 Å². The van der Waals surface area contributed by atoms with Gasteiger partial charge in [0, 0.05) is 16.7 Å².